The predicted molar refractivity (Wildman–Crippen MR) is 42.6 cm³/mol. The lowest BCUT2D eigenvalue weighted by molar-refractivity contribution is 0.141. The highest BCUT2D eigenvalue weighted by Gasteiger charge is 2.21. The highest BCUT2D eigenvalue weighted by Crippen LogP contribution is 2.16. The Bertz CT molecular complexity index is 151. The van der Waals surface area contributed by atoms with E-state index in [0.717, 1.165) is 19.4 Å². The van der Waals surface area contributed by atoms with Crippen LogP contribution in [-0.4, -0.2) is 35.1 Å². The topological polar surface area (TPSA) is 40.5 Å². The Morgan fingerprint density at radius 2 is 2.45 bits per heavy atom. The highest BCUT2D eigenvalue weighted by atomic mass is 35.5. The van der Waals surface area contributed by atoms with E-state index in [1.807, 2.05) is 0 Å². The minimum absolute atomic E-state index is 0.153. The minimum Gasteiger partial charge on any atom is -0.396 e. The third-order valence-corrected chi connectivity index (χ3v) is 2.26. The number of likely N-dealkylation sites (tertiary alicyclic amines) is 1. The Hall–Kier alpha value is -0.280. The molecule has 1 amide bonds. The van der Waals surface area contributed by atoms with Crippen LogP contribution in [0.4, 0.5) is 4.79 Å². The normalized spacial score (nSPS) is 25.3. The van der Waals surface area contributed by atoms with E-state index in [2.05, 4.69) is 0 Å². The van der Waals surface area contributed by atoms with Gasteiger partial charge in [-0.1, -0.05) is 0 Å². The van der Waals surface area contributed by atoms with E-state index >= 15 is 0 Å². The molecule has 64 valence electrons. The van der Waals surface area contributed by atoms with Crippen molar-refractivity contribution in [1.82, 2.24) is 4.90 Å². The zero-order valence-corrected chi connectivity index (χ0v) is 7.05. The molecule has 0 aromatic heterocycles. The Kier molecular flexibility index (Phi) is 3.15. The molecule has 1 aliphatic rings. The molecule has 1 unspecified atom stereocenters. The largest absolute Gasteiger partial charge is 0.396 e. The van der Waals surface area contributed by atoms with Crippen molar-refractivity contribution >= 4 is 17.0 Å². The molecule has 1 saturated heterocycles. The second-order valence-electron chi connectivity index (χ2n) is 2.89. The Morgan fingerprint density at radius 3 is 3.00 bits per heavy atom. The van der Waals surface area contributed by atoms with E-state index in [4.69, 9.17) is 16.7 Å². The molecule has 11 heavy (non-hydrogen) atoms. The van der Waals surface area contributed by atoms with Crippen molar-refractivity contribution in [2.24, 2.45) is 5.92 Å². The first-order valence-corrected chi connectivity index (χ1v) is 4.17. The summed E-state index contributed by atoms with van der Waals surface area (Å²) in [5.74, 6) is 0.228. The number of rotatable bonds is 1. The maximum absolute atomic E-state index is 10.7. The fraction of sp³-hybridized carbons (Fsp3) is 0.857. The second-order valence-corrected chi connectivity index (χ2v) is 3.21. The van der Waals surface area contributed by atoms with Crippen molar-refractivity contribution in [3.63, 3.8) is 0 Å². The van der Waals surface area contributed by atoms with Gasteiger partial charge in [0.2, 0.25) is 0 Å². The zero-order chi connectivity index (χ0) is 8.27. The average molecular weight is 178 g/mol. The first kappa shape index (κ1) is 8.81. The van der Waals surface area contributed by atoms with E-state index in [9.17, 15) is 4.79 Å². The lowest BCUT2D eigenvalue weighted by Gasteiger charge is -2.29. The molecule has 1 N–H and O–H groups in total. The van der Waals surface area contributed by atoms with E-state index in [-0.39, 0.29) is 12.5 Å². The van der Waals surface area contributed by atoms with Gasteiger partial charge in [-0.25, -0.2) is 0 Å². The fourth-order valence-corrected chi connectivity index (χ4v) is 1.53. The van der Waals surface area contributed by atoms with Gasteiger partial charge in [0.1, 0.15) is 0 Å². The summed E-state index contributed by atoms with van der Waals surface area (Å²) in [6.07, 6.45) is 1.95. The quantitative estimate of drug-likeness (QED) is 0.481. The molecule has 4 heteroatoms. The second kappa shape index (κ2) is 3.93. The predicted octanol–water partition coefficient (Wildman–Crippen LogP) is 1.05. The Labute approximate surface area is 70.9 Å². The number of amides is 1. The molecule has 1 atom stereocenters. The summed E-state index contributed by atoms with van der Waals surface area (Å²) in [5, 5.41) is 8.41. The molecular weight excluding hydrogens is 166 g/mol. The summed E-state index contributed by atoms with van der Waals surface area (Å²) in [6.45, 7) is 1.50. The van der Waals surface area contributed by atoms with E-state index in [1.165, 1.54) is 0 Å². The highest BCUT2D eigenvalue weighted by molar-refractivity contribution is 6.62. The van der Waals surface area contributed by atoms with Gasteiger partial charge in [-0.15, -0.1) is 0 Å². The van der Waals surface area contributed by atoms with Crippen LogP contribution < -0.4 is 0 Å². The Balaban J connectivity index is 2.39. The van der Waals surface area contributed by atoms with Crippen LogP contribution in [0, 0.1) is 5.92 Å². The van der Waals surface area contributed by atoms with E-state index in [0.29, 0.717) is 6.54 Å². The molecule has 0 aromatic carbocycles. The molecule has 0 spiro atoms. The van der Waals surface area contributed by atoms with Gasteiger partial charge in [0.15, 0.2) is 0 Å². The van der Waals surface area contributed by atoms with Crippen LogP contribution >= 0.6 is 11.6 Å². The van der Waals surface area contributed by atoms with Gasteiger partial charge < -0.3 is 10.0 Å². The molecule has 1 fully saturated rings. The van der Waals surface area contributed by atoms with Crippen molar-refractivity contribution in [2.45, 2.75) is 12.8 Å². The summed E-state index contributed by atoms with van der Waals surface area (Å²) < 4.78 is 0. The first-order chi connectivity index (χ1) is 5.24. The number of carbonyl (C=O) groups is 1. The fourth-order valence-electron chi connectivity index (χ4n) is 1.37. The molecule has 1 rings (SSSR count). The van der Waals surface area contributed by atoms with Crippen LogP contribution in [-0.2, 0) is 0 Å². The van der Waals surface area contributed by atoms with Gasteiger partial charge in [0, 0.05) is 19.7 Å². The summed E-state index contributed by atoms with van der Waals surface area (Å²) in [6, 6.07) is 0. The Morgan fingerprint density at radius 1 is 1.73 bits per heavy atom. The summed E-state index contributed by atoms with van der Waals surface area (Å²) in [4.78, 5) is 12.2. The van der Waals surface area contributed by atoms with Crippen LogP contribution in [0.3, 0.4) is 0 Å². The first-order valence-electron chi connectivity index (χ1n) is 3.79. The number of halogens is 1. The average Bonchev–Trinajstić information content (AvgIpc) is 2.05. The minimum atomic E-state index is -0.400. The summed E-state index contributed by atoms with van der Waals surface area (Å²) in [7, 11) is 0. The van der Waals surface area contributed by atoms with Crippen molar-refractivity contribution in [3.8, 4) is 0 Å². The van der Waals surface area contributed by atoms with Gasteiger partial charge in [-0.2, -0.15) is 0 Å². The maximum atomic E-state index is 10.7. The molecular formula is C7H12ClNO2. The van der Waals surface area contributed by atoms with Gasteiger partial charge >= 0.3 is 5.37 Å². The summed E-state index contributed by atoms with van der Waals surface area (Å²) in [5.41, 5.74) is 0. The van der Waals surface area contributed by atoms with Crippen molar-refractivity contribution in [2.75, 3.05) is 19.7 Å². The third kappa shape index (κ3) is 2.34. The van der Waals surface area contributed by atoms with Gasteiger partial charge in [-0.05, 0) is 30.4 Å². The SMILES string of the molecule is O=C(Cl)N1CCCC(CO)C1. The van der Waals surface area contributed by atoms with Crippen LogP contribution in [0.15, 0.2) is 0 Å². The maximum Gasteiger partial charge on any atom is 0.316 e. The van der Waals surface area contributed by atoms with Crippen LogP contribution in [0.1, 0.15) is 12.8 Å². The number of aliphatic hydroxyl groups is 1. The standard InChI is InChI=1S/C7H12ClNO2/c8-7(11)9-3-1-2-6(4-9)5-10/h6,10H,1-5H2. The molecule has 0 aromatic rings. The van der Waals surface area contributed by atoms with Gasteiger partial charge in [0.25, 0.3) is 0 Å². The number of hydrogen-bond acceptors (Lipinski definition) is 2. The third-order valence-electron chi connectivity index (χ3n) is 2.03. The van der Waals surface area contributed by atoms with Crippen molar-refractivity contribution < 1.29 is 9.90 Å². The van der Waals surface area contributed by atoms with E-state index in [1.54, 1.807) is 4.90 Å². The lowest BCUT2D eigenvalue weighted by Crippen LogP contribution is -2.38. The molecule has 1 aliphatic heterocycles. The molecule has 0 radical (unpaired) electrons. The van der Waals surface area contributed by atoms with Crippen LogP contribution in [0.5, 0.6) is 0 Å². The number of aliphatic hydroxyl groups excluding tert-OH is 1. The molecule has 1 heterocycles. The number of carbonyl (C=O) groups excluding carboxylic acids is 1. The smallest absolute Gasteiger partial charge is 0.316 e. The zero-order valence-electron chi connectivity index (χ0n) is 6.29. The number of hydrogen-bond donors (Lipinski definition) is 1. The molecule has 0 aliphatic carbocycles. The van der Waals surface area contributed by atoms with Gasteiger partial charge in [-0.3, -0.25) is 4.79 Å². The molecule has 3 nitrogen and oxygen atoms in total. The number of piperidine rings is 1. The number of nitrogens with zero attached hydrogens (tertiary/aromatic N) is 1. The van der Waals surface area contributed by atoms with E-state index < -0.39 is 5.37 Å². The van der Waals surface area contributed by atoms with Crippen LogP contribution in [0.2, 0.25) is 0 Å². The van der Waals surface area contributed by atoms with Crippen molar-refractivity contribution in [3.05, 3.63) is 0 Å². The van der Waals surface area contributed by atoms with Crippen molar-refractivity contribution in [1.29, 1.82) is 0 Å². The van der Waals surface area contributed by atoms with Gasteiger partial charge in [0.05, 0.1) is 0 Å². The summed E-state index contributed by atoms with van der Waals surface area (Å²) >= 11 is 5.28. The molecule has 0 bridgehead atoms. The lowest BCUT2D eigenvalue weighted by atomic mass is 10.00. The monoisotopic (exact) mass is 177 g/mol. The van der Waals surface area contributed by atoms with Crippen LogP contribution in [0.25, 0.3) is 0 Å². The molecule has 0 saturated carbocycles.